The quantitative estimate of drug-likeness (QED) is 0.168. The highest BCUT2D eigenvalue weighted by Gasteiger charge is 2.45. The lowest BCUT2D eigenvalue weighted by Crippen LogP contribution is -2.38. The van der Waals surface area contributed by atoms with Gasteiger partial charge in [-0.1, -0.05) is 89.1 Å². The van der Waals surface area contributed by atoms with Crippen molar-refractivity contribution in [2.24, 2.45) is 5.16 Å². The first kappa shape index (κ1) is 29.3. The zero-order valence-corrected chi connectivity index (χ0v) is 21.5. The zero-order valence-electron chi connectivity index (χ0n) is 21.5. The molecule has 0 amide bonds. The summed E-state index contributed by atoms with van der Waals surface area (Å²) >= 11 is 0. The summed E-state index contributed by atoms with van der Waals surface area (Å²) in [4.78, 5) is 30.8. The summed E-state index contributed by atoms with van der Waals surface area (Å²) in [6, 6.07) is 1.22. The fraction of sp³-hybridized carbons (Fsp3) is 0.808. The van der Waals surface area contributed by atoms with Crippen molar-refractivity contribution in [3.63, 3.8) is 0 Å². The number of ether oxygens (including phenoxy) is 2. The summed E-state index contributed by atoms with van der Waals surface area (Å²) in [6.45, 7) is 2.29. The number of rotatable bonds is 19. The third-order valence-corrected chi connectivity index (χ3v) is 6.53. The zero-order chi connectivity index (χ0) is 25.3. The molecule has 1 aromatic rings. The van der Waals surface area contributed by atoms with Gasteiger partial charge in [0, 0.05) is 25.6 Å². The van der Waals surface area contributed by atoms with Gasteiger partial charge < -0.3 is 19.4 Å². The second-order valence-corrected chi connectivity index (χ2v) is 9.39. The van der Waals surface area contributed by atoms with Gasteiger partial charge in [-0.2, -0.15) is 0 Å². The van der Waals surface area contributed by atoms with Gasteiger partial charge in [0.05, 0.1) is 0 Å². The second-order valence-electron chi connectivity index (χ2n) is 9.39. The Bertz CT molecular complexity index is 824. The molecular weight excluding hydrogens is 450 g/mol. The summed E-state index contributed by atoms with van der Waals surface area (Å²) in [5.41, 5.74) is -1.13. The number of aliphatic hydroxyl groups is 1. The molecule has 0 aromatic carbocycles. The largest absolute Gasteiger partial charge is 0.393 e. The lowest BCUT2D eigenvalue weighted by atomic mass is 10.0. The van der Waals surface area contributed by atoms with E-state index < -0.39 is 35.8 Å². The van der Waals surface area contributed by atoms with Gasteiger partial charge in [0.15, 0.2) is 6.23 Å². The van der Waals surface area contributed by atoms with Crippen molar-refractivity contribution >= 4 is 6.21 Å². The van der Waals surface area contributed by atoms with E-state index in [9.17, 15) is 14.7 Å². The van der Waals surface area contributed by atoms with Gasteiger partial charge in [0.2, 0.25) is 0 Å². The predicted molar refractivity (Wildman–Crippen MR) is 137 cm³/mol. The first-order valence-corrected chi connectivity index (χ1v) is 13.4. The van der Waals surface area contributed by atoms with Crippen LogP contribution < -0.4 is 11.2 Å². The van der Waals surface area contributed by atoms with Crippen LogP contribution in [0.2, 0.25) is 0 Å². The molecule has 1 aliphatic rings. The van der Waals surface area contributed by atoms with Crippen molar-refractivity contribution in [3.05, 3.63) is 33.1 Å². The highest BCUT2D eigenvalue weighted by Crippen LogP contribution is 2.30. The lowest BCUT2D eigenvalue weighted by Gasteiger charge is -2.19. The molecule has 0 aliphatic carbocycles. The lowest BCUT2D eigenvalue weighted by molar-refractivity contribution is -0.0717. The van der Waals surface area contributed by atoms with E-state index >= 15 is 0 Å². The molecule has 2 heterocycles. The van der Waals surface area contributed by atoms with Gasteiger partial charge in [-0.25, -0.2) is 4.79 Å². The van der Waals surface area contributed by atoms with Gasteiger partial charge in [-0.05, 0) is 12.8 Å². The van der Waals surface area contributed by atoms with Gasteiger partial charge in [-0.3, -0.25) is 14.3 Å². The first-order chi connectivity index (χ1) is 17.1. The molecule has 1 aliphatic heterocycles. The summed E-state index contributed by atoms with van der Waals surface area (Å²) in [5.74, 6) is 0. The molecule has 200 valence electrons. The molecule has 0 saturated carbocycles. The third-order valence-electron chi connectivity index (χ3n) is 6.53. The number of oxime groups is 1. The number of hydrogen-bond acceptors (Lipinski definition) is 7. The van der Waals surface area contributed by atoms with E-state index in [1.807, 2.05) is 0 Å². The van der Waals surface area contributed by atoms with E-state index in [-0.39, 0.29) is 6.61 Å². The minimum absolute atomic E-state index is 0.0325. The number of hydrogen-bond donors (Lipinski definition) is 2. The molecule has 1 fully saturated rings. The Morgan fingerprint density at radius 1 is 1.03 bits per heavy atom. The van der Waals surface area contributed by atoms with Crippen LogP contribution >= 0.6 is 0 Å². The van der Waals surface area contributed by atoms with Crippen LogP contribution in [0, 0.1) is 0 Å². The number of aromatic amines is 1. The molecule has 9 nitrogen and oxygen atoms in total. The maximum Gasteiger partial charge on any atom is 0.330 e. The van der Waals surface area contributed by atoms with Gasteiger partial charge in [0.25, 0.3) is 5.56 Å². The Morgan fingerprint density at radius 2 is 1.63 bits per heavy atom. The first-order valence-electron chi connectivity index (χ1n) is 13.4. The fourth-order valence-corrected chi connectivity index (χ4v) is 4.44. The average molecular weight is 496 g/mol. The summed E-state index contributed by atoms with van der Waals surface area (Å²) in [5, 5.41) is 14.5. The Balaban J connectivity index is 1.52. The standard InChI is InChI=1S/C26H45N3O6/c1-3-4-5-6-7-8-9-10-11-12-13-14-15-16-18-27-34-20-21-23(31)24(33-2)25(35-21)29-19-17-22(30)28-26(29)32/h17-19,21,23-25,31H,3-16,20H2,1-2H3,(H,28,30,32)/b27-18+/t21-,23?,24+,25-/m1/s1. The van der Waals surface area contributed by atoms with Crippen molar-refractivity contribution < 1.29 is 19.4 Å². The van der Waals surface area contributed by atoms with Crippen molar-refractivity contribution in [3.8, 4) is 0 Å². The van der Waals surface area contributed by atoms with E-state index in [0.29, 0.717) is 0 Å². The number of nitrogens with one attached hydrogen (secondary N) is 1. The van der Waals surface area contributed by atoms with Crippen molar-refractivity contribution in [1.82, 2.24) is 9.55 Å². The van der Waals surface area contributed by atoms with Crippen LogP contribution in [0.4, 0.5) is 0 Å². The molecule has 1 aromatic heterocycles. The van der Waals surface area contributed by atoms with Crippen LogP contribution in [0.15, 0.2) is 27.0 Å². The second kappa shape index (κ2) is 17.5. The van der Waals surface area contributed by atoms with Crippen LogP contribution in [-0.2, 0) is 14.3 Å². The van der Waals surface area contributed by atoms with E-state index in [0.717, 1.165) is 12.8 Å². The Hall–Kier alpha value is -1.97. The smallest absolute Gasteiger partial charge is 0.330 e. The van der Waals surface area contributed by atoms with Crippen LogP contribution in [0.3, 0.4) is 0 Å². The molecule has 2 N–H and O–H groups in total. The summed E-state index contributed by atoms with van der Waals surface area (Å²) < 4.78 is 12.3. The number of nitrogens with zero attached hydrogens (tertiary/aromatic N) is 2. The van der Waals surface area contributed by atoms with Crippen LogP contribution in [0.25, 0.3) is 0 Å². The monoisotopic (exact) mass is 495 g/mol. The molecule has 0 spiro atoms. The van der Waals surface area contributed by atoms with Crippen molar-refractivity contribution in [1.29, 1.82) is 0 Å². The molecule has 0 radical (unpaired) electrons. The highest BCUT2D eigenvalue weighted by atomic mass is 16.7. The maximum atomic E-state index is 12.1. The third kappa shape index (κ3) is 10.7. The van der Waals surface area contributed by atoms with Crippen LogP contribution in [-0.4, -0.2) is 52.9 Å². The number of aliphatic hydroxyl groups excluding tert-OH is 1. The Morgan fingerprint density at radius 3 is 2.20 bits per heavy atom. The predicted octanol–water partition coefficient (Wildman–Crippen LogP) is 4.29. The van der Waals surface area contributed by atoms with Gasteiger partial charge in [0.1, 0.15) is 24.9 Å². The van der Waals surface area contributed by atoms with Crippen LogP contribution in [0.1, 0.15) is 103 Å². The Kier molecular flexibility index (Phi) is 14.6. The molecular formula is C26H45N3O6. The average Bonchev–Trinajstić information content (AvgIpc) is 3.15. The van der Waals surface area contributed by atoms with Crippen LogP contribution in [0.5, 0.6) is 0 Å². The molecule has 1 unspecified atom stereocenters. The van der Waals surface area contributed by atoms with Crippen molar-refractivity contribution in [2.45, 2.75) is 121 Å². The molecule has 35 heavy (non-hydrogen) atoms. The van der Waals surface area contributed by atoms with E-state index in [1.54, 1.807) is 6.21 Å². The van der Waals surface area contributed by atoms with E-state index in [2.05, 4.69) is 17.1 Å². The topological polar surface area (TPSA) is 115 Å². The van der Waals surface area contributed by atoms with E-state index in [1.165, 1.54) is 101 Å². The van der Waals surface area contributed by atoms with Gasteiger partial charge in [-0.15, -0.1) is 0 Å². The number of methoxy groups -OCH3 is 1. The van der Waals surface area contributed by atoms with E-state index in [4.69, 9.17) is 14.3 Å². The minimum Gasteiger partial charge on any atom is -0.393 e. The highest BCUT2D eigenvalue weighted by molar-refractivity contribution is 5.56. The SMILES string of the molecule is CCCCCCCCCCCCCCC/C=N/OC[C@H]1O[C@@H](n2ccc(=O)[nH]c2=O)[C@@H](OC)C1O. The number of aromatic nitrogens is 2. The fourth-order valence-electron chi connectivity index (χ4n) is 4.44. The summed E-state index contributed by atoms with van der Waals surface area (Å²) in [7, 11) is 1.43. The molecule has 1 saturated heterocycles. The normalized spacial score (nSPS) is 22.3. The maximum absolute atomic E-state index is 12.1. The molecule has 9 heteroatoms. The molecule has 2 rings (SSSR count). The summed E-state index contributed by atoms with van der Waals surface area (Å²) in [6.07, 6.45) is 17.8. The van der Waals surface area contributed by atoms with Crippen molar-refractivity contribution in [2.75, 3.05) is 13.7 Å². The molecule has 0 bridgehead atoms. The molecule has 4 atom stereocenters. The van der Waals surface area contributed by atoms with Gasteiger partial charge >= 0.3 is 5.69 Å². The number of H-pyrrole nitrogens is 1. The number of unbranched alkanes of at least 4 members (excludes halogenated alkanes) is 13. The Labute approximate surface area is 208 Å². The minimum atomic E-state index is -1.000.